The molecule has 116 valence electrons. The molecule has 1 heterocycles. The van der Waals surface area contributed by atoms with Crippen molar-refractivity contribution in [2.24, 2.45) is 0 Å². The lowest BCUT2D eigenvalue weighted by molar-refractivity contribution is -0.137. The molecule has 2 aromatic rings. The fourth-order valence-corrected chi connectivity index (χ4v) is 2.37. The summed E-state index contributed by atoms with van der Waals surface area (Å²) in [5, 5.41) is -0.841. The van der Waals surface area contributed by atoms with Gasteiger partial charge in [-0.25, -0.2) is 4.98 Å². The van der Waals surface area contributed by atoms with Crippen LogP contribution in [0.5, 0.6) is 5.75 Å². The molecule has 0 aliphatic carbocycles. The van der Waals surface area contributed by atoms with Gasteiger partial charge in [0.15, 0.2) is 5.01 Å². The SMILES string of the molecule is CC.Cc1cc(C)cc(OCc2cnc(C(F)(F)F)s2)c1. The van der Waals surface area contributed by atoms with Crippen LogP contribution in [0, 0.1) is 13.8 Å². The van der Waals surface area contributed by atoms with Crippen LogP contribution >= 0.6 is 11.3 Å². The van der Waals surface area contributed by atoms with Crippen molar-refractivity contribution in [2.45, 2.75) is 40.5 Å². The highest BCUT2D eigenvalue weighted by molar-refractivity contribution is 7.11. The largest absolute Gasteiger partial charge is 0.488 e. The first-order chi connectivity index (χ1) is 9.84. The minimum Gasteiger partial charge on any atom is -0.488 e. The molecule has 6 heteroatoms. The first-order valence-corrected chi connectivity index (χ1v) is 7.39. The molecule has 0 bridgehead atoms. The number of halogens is 3. The molecule has 0 saturated carbocycles. The lowest BCUT2D eigenvalue weighted by atomic mass is 10.1. The molecular weight excluding hydrogens is 299 g/mol. The van der Waals surface area contributed by atoms with E-state index in [-0.39, 0.29) is 6.61 Å². The Kier molecular flexibility index (Phi) is 6.20. The summed E-state index contributed by atoms with van der Waals surface area (Å²) in [6, 6.07) is 5.69. The van der Waals surface area contributed by atoms with Crippen LogP contribution in [-0.4, -0.2) is 4.98 Å². The minimum atomic E-state index is -4.39. The average molecular weight is 317 g/mol. The summed E-state index contributed by atoms with van der Waals surface area (Å²) in [7, 11) is 0. The lowest BCUT2D eigenvalue weighted by Gasteiger charge is -2.06. The summed E-state index contributed by atoms with van der Waals surface area (Å²) in [4.78, 5) is 3.80. The highest BCUT2D eigenvalue weighted by Gasteiger charge is 2.34. The van der Waals surface area contributed by atoms with E-state index in [1.54, 1.807) is 0 Å². The monoisotopic (exact) mass is 317 g/mol. The summed E-state index contributed by atoms with van der Waals surface area (Å²) >= 11 is 0.606. The quantitative estimate of drug-likeness (QED) is 0.758. The molecule has 0 aliphatic heterocycles. The Morgan fingerprint density at radius 2 is 1.67 bits per heavy atom. The molecule has 0 amide bonds. The van der Waals surface area contributed by atoms with E-state index in [9.17, 15) is 13.2 Å². The number of thiazole rings is 1. The van der Waals surface area contributed by atoms with Crippen molar-refractivity contribution in [3.8, 4) is 5.75 Å². The Labute approximate surface area is 126 Å². The molecule has 0 atom stereocenters. The van der Waals surface area contributed by atoms with Crippen LogP contribution in [0.2, 0.25) is 0 Å². The predicted octanol–water partition coefficient (Wildman–Crippen LogP) is 5.38. The topological polar surface area (TPSA) is 22.1 Å². The van der Waals surface area contributed by atoms with Crippen LogP contribution in [0.3, 0.4) is 0 Å². The van der Waals surface area contributed by atoms with E-state index >= 15 is 0 Å². The highest BCUT2D eigenvalue weighted by Crippen LogP contribution is 2.32. The standard InChI is InChI=1S/C13H12F3NOS.C2H6/c1-8-3-9(2)5-10(4-8)18-7-11-6-17-12(19-11)13(14,15)16;1-2/h3-6H,7H2,1-2H3;1-2H3. The van der Waals surface area contributed by atoms with Gasteiger partial charge in [-0.2, -0.15) is 13.2 Å². The molecule has 2 rings (SSSR count). The zero-order valence-electron chi connectivity index (χ0n) is 12.4. The molecule has 0 N–H and O–H groups in total. The fraction of sp³-hybridized carbons (Fsp3) is 0.400. The van der Waals surface area contributed by atoms with E-state index in [2.05, 4.69) is 4.98 Å². The second-order valence-electron chi connectivity index (χ2n) is 4.24. The summed E-state index contributed by atoms with van der Waals surface area (Å²) in [6.07, 6.45) is -3.18. The number of benzene rings is 1. The molecule has 2 nitrogen and oxygen atoms in total. The first-order valence-electron chi connectivity index (χ1n) is 6.57. The van der Waals surface area contributed by atoms with Gasteiger partial charge in [-0.05, 0) is 37.1 Å². The van der Waals surface area contributed by atoms with Crippen molar-refractivity contribution in [3.05, 3.63) is 45.4 Å². The Balaban J connectivity index is 0.00000106. The van der Waals surface area contributed by atoms with Crippen molar-refractivity contribution in [2.75, 3.05) is 0 Å². The van der Waals surface area contributed by atoms with Gasteiger partial charge in [0.2, 0.25) is 0 Å². The number of ether oxygens (including phenoxy) is 1. The first kappa shape index (κ1) is 17.5. The molecule has 0 unspecified atom stereocenters. The zero-order valence-corrected chi connectivity index (χ0v) is 13.2. The Bertz CT molecular complexity index is 558. The third-order valence-electron chi connectivity index (χ3n) is 2.37. The summed E-state index contributed by atoms with van der Waals surface area (Å²) in [5.74, 6) is 0.652. The fourth-order valence-electron chi connectivity index (χ4n) is 1.68. The molecule has 0 radical (unpaired) electrons. The van der Waals surface area contributed by atoms with E-state index in [1.807, 2.05) is 45.9 Å². The maximum Gasteiger partial charge on any atom is 0.443 e. The number of alkyl halides is 3. The highest BCUT2D eigenvalue weighted by atomic mass is 32.1. The third-order valence-corrected chi connectivity index (χ3v) is 3.39. The maximum absolute atomic E-state index is 12.4. The van der Waals surface area contributed by atoms with Crippen LogP contribution in [-0.2, 0) is 12.8 Å². The van der Waals surface area contributed by atoms with E-state index in [0.29, 0.717) is 22.0 Å². The number of aryl methyl sites for hydroxylation is 2. The number of hydrogen-bond donors (Lipinski definition) is 0. The summed E-state index contributed by atoms with van der Waals surface area (Å²) in [5.41, 5.74) is 2.10. The number of rotatable bonds is 3. The summed E-state index contributed by atoms with van der Waals surface area (Å²) < 4.78 is 42.6. The molecular formula is C15H18F3NOS. The zero-order chi connectivity index (χ0) is 16.0. The van der Waals surface area contributed by atoms with Crippen LogP contribution in [0.4, 0.5) is 13.2 Å². The Morgan fingerprint density at radius 3 is 2.14 bits per heavy atom. The van der Waals surface area contributed by atoms with Gasteiger partial charge in [-0.3, -0.25) is 0 Å². The van der Waals surface area contributed by atoms with Gasteiger partial charge >= 0.3 is 6.18 Å². The average Bonchev–Trinajstić information content (AvgIpc) is 2.86. The normalized spacial score (nSPS) is 10.8. The van der Waals surface area contributed by atoms with Crippen molar-refractivity contribution in [3.63, 3.8) is 0 Å². The number of aromatic nitrogens is 1. The van der Waals surface area contributed by atoms with Crippen molar-refractivity contribution in [1.82, 2.24) is 4.98 Å². The van der Waals surface area contributed by atoms with E-state index in [4.69, 9.17) is 4.74 Å². The second kappa shape index (κ2) is 7.45. The van der Waals surface area contributed by atoms with Gasteiger partial charge in [0.05, 0.1) is 4.88 Å². The molecule has 0 spiro atoms. The second-order valence-corrected chi connectivity index (χ2v) is 5.36. The molecule has 21 heavy (non-hydrogen) atoms. The van der Waals surface area contributed by atoms with E-state index < -0.39 is 11.2 Å². The van der Waals surface area contributed by atoms with Gasteiger partial charge in [-0.15, -0.1) is 11.3 Å². The van der Waals surface area contributed by atoms with Crippen LogP contribution in [0.15, 0.2) is 24.4 Å². The van der Waals surface area contributed by atoms with Crippen molar-refractivity contribution in [1.29, 1.82) is 0 Å². The van der Waals surface area contributed by atoms with Gasteiger partial charge in [0.1, 0.15) is 12.4 Å². The molecule has 0 saturated heterocycles. The van der Waals surface area contributed by atoms with Crippen LogP contribution < -0.4 is 4.74 Å². The van der Waals surface area contributed by atoms with Crippen LogP contribution in [0.25, 0.3) is 0 Å². The van der Waals surface area contributed by atoms with E-state index in [1.165, 1.54) is 6.20 Å². The number of hydrogen-bond acceptors (Lipinski definition) is 3. The Morgan fingerprint density at radius 1 is 1.10 bits per heavy atom. The van der Waals surface area contributed by atoms with Gasteiger partial charge in [0.25, 0.3) is 0 Å². The predicted molar refractivity (Wildman–Crippen MR) is 78.7 cm³/mol. The Hall–Kier alpha value is -1.56. The van der Waals surface area contributed by atoms with E-state index in [0.717, 1.165) is 11.1 Å². The van der Waals surface area contributed by atoms with Crippen LogP contribution in [0.1, 0.15) is 34.9 Å². The van der Waals surface area contributed by atoms with Crippen molar-refractivity contribution < 1.29 is 17.9 Å². The summed E-state index contributed by atoms with van der Waals surface area (Å²) in [6.45, 7) is 7.97. The maximum atomic E-state index is 12.4. The molecule has 0 fully saturated rings. The van der Waals surface area contributed by atoms with Crippen molar-refractivity contribution >= 4 is 11.3 Å². The lowest BCUT2D eigenvalue weighted by Crippen LogP contribution is -2.02. The molecule has 1 aromatic heterocycles. The third kappa shape index (κ3) is 5.38. The number of nitrogens with zero attached hydrogens (tertiary/aromatic N) is 1. The van der Waals surface area contributed by atoms with Gasteiger partial charge in [0, 0.05) is 6.20 Å². The van der Waals surface area contributed by atoms with Gasteiger partial charge < -0.3 is 4.74 Å². The van der Waals surface area contributed by atoms with Gasteiger partial charge in [-0.1, -0.05) is 19.9 Å². The smallest absolute Gasteiger partial charge is 0.443 e. The molecule has 0 aliphatic rings. The minimum absolute atomic E-state index is 0.0939. The molecule has 1 aromatic carbocycles.